The molecule has 1 rings (SSSR count). The number of nitrogens with zero attached hydrogens (tertiary/aromatic N) is 1. The molecule has 0 aliphatic heterocycles. The largest absolute Gasteiger partial charge is 0.480 e. The smallest absolute Gasteiger partial charge is 0.326 e. The number of hydrogen-bond acceptors (Lipinski definition) is 26. The highest BCUT2D eigenvalue weighted by Crippen LogP contribution is 2.14. The summed E-state index contributed by atoms with van der Waals surface area (Å²) in [6.45, 7) is 12.8. The molecule has 0 unspecified atom stereocenters. The number of nitrogens with two attached hydrogens (primary N) is 6. The fourth-order valence-corrected chi connectivity index (χ4v) is 11.7. The lowest BCUT2D eigenvalue weighted by Gasteiger charge is -2.29. The number of unbranched alkanes of at least 4 members (excludes halogenated alkanes) is 3. The van der Waals surface area contributed by atoms with E-state index in [0.29, 0.717) is 50.9 Å². The zero-order valence-electron chi connectivity index (χ0n) is 69.8. The normalized spacial score (nSPS) is 14.2. The Morgan fingerprint density at radius 1 is 0.381 bits per heavy atom. The number of quaternary nitrogens is 3. The van der Waals surface area contributed by atoms with Crippen molar-refractivity contribution in [2.24, 2.45) is 52.2 Å². The average molecular weight is 1680 g/mol. The van der Waals surface area contributed by atoms with Crippen molar-refractivity contribution >= 4 is 94.6 Å². The fraction of sp³-hybridized carbons (Fsp3) is 0.736. The second kappa shape index (κ2) is 59.8. The first-order valence-corrected chi connectivity index (χ1v) is 40.4. The lowest BCUT2D eigenvalue weighted by molar-refractivity contribution is -0.368. The molecule has 1 aromatic heterocycles. The van der Waals surface area contributed by atoms with E-state index in [9.17, 15) is 81.8 Å². The van der Waals surface area contributed by atoms with E-state index in [4.69, 9.17) is 34.4 Å². The third-order valence-electron chi connectivity index (χ3n) is 18.1. The van der Waals surface area contributed by atoms with Crippen LogP contribution in [-0.4, -0.2) is 260 Å². The Bertz CT molecular complexity index is 3280. The molecule has 672 valence electrons. The SMILES string of the molecule is CC(=O)NCCCC[C@H](NC(=O)[C@H](C)NC(=O)CNC(=O)CNC(=O)[C@H](CCCC[NH3+])NC(=O)CNC(=O)[C@H](CC(C)C)NC(=O)C[NH3+])C(=O)N[C@@H](CCCNC(N)N)C(=O)N[C@@H](Cc1cnc[nH]1)C(=O)N[C@@H](CCCNC(N)N)C(=O)N[C@@H](CCCC[NH3+])C(=O)N[C@H](C(=O)N[C@@H](CC(C)C)C(=O)N[C@@H](CCCNC(N)N)C(=O)O)C(C)C. The number of carbonyl (C=O) groups excluding carboxylic acids is 15. The molecular weight excluding hydrogens is 1540 g/mol. The molecule has 1 heterocycles. The van der Waals surface area contributed by atoms with Crippen LogP contribution in [0.4, 0.5) is 0 Å². The van der Waals surface area contributed by atoms with Crippen molar-refractivity contribution in [2.45, 2.75) is 256 Å². The average Bonchev–Trinajstić information content (AvgIpc) is 1.08. The van der Waals surface area contributed by atoms with Gasteiger partial charge in [0.05, 0.1) is 39.1 Å². The minimum Gasteiger partial charge on any atom is -0.480 e. The number of amides is 15. The molecule has 0 aromatic carbocycles. The topological polar surface area (TPSA) is 778 Å². The van der Waals surface area contributed by atoms with Gasteiger partial charge in [0, 0.05) is 31.8 Å². The van der Waals surface area contributed by atoms with Crippen LogP contribution < -0.4 is 147 Å². The summed E-state index contributed by atoms with van der Waals surface area (Å²) >= 11 is 0. The number of H-pyrrole nitrogens is 1. The molecule has 41 N–H and O–H groups in total. The molecule has 0 bridgehead atoms. The monoisotopic (exact) mass is 1680 g/mol. The zero-order chi connectivity index (χ0) is 89.0. The molecule has 46 nitrogen and oxygen atoms in total. The molecule has 0 fully saturated rings. The van der Waals surface area contributed by atoms with E-state index in [0.717, 1.165) is 0 Å². The van der Waals surface area contributed by atoms with Crippen LogP contribution in [0.3, 0.4) is 0 Å². The third kappa shape index (κ3) is 47.6. The van der Waals surface area contributed by atoms with Crippen molar-refractivity contribution in [1.29, 1.82) is 0 Å². The molecular formula is C72H140N29O17+3. The van der Waals surface area contributed by atoms with Crippen LogP contribution in [0.5, 0.6) is 0 Å². The number of carbonyl (C=O) groups is 16. The van der Waals surface area contributed by atoms with Gasteiger partial charge in [-0.05, 0) is 153 Å². The van der Waals surface area contributed by atoms with Gasteiger partial charge < -0.3 is 141 Å². The fourth-order valence-electron chi connectivity index (χ4n) is 11.7. The molecule has 1 aromatic rings. The summed E-state index contributed by atoms with van der Waals surface area (Å²) in [7, 11) is 0. The molecule has 11 atom stereocenters. The van der Waals surface area contributed by atoms with Crippen LogP contribution >= 0.6 is 0 Å². The Morgan fingerprint density at radius 2 is 0.746 bits per heavy atom. The lowest BCUT2D eigenvalue weighted by Crippen LogP contribution is -2.61. The molecule has 118 heavy (non-hydrogen) atoms. The van der Waals surface area contributed by atoms with Crippen LogP contribution in [0.1, 0.15) is 170 Å². The number of hydrogen-bond donors (Lipinski definition) is 29. The Morgan fingerprint density at radius 3 is 1.18 bits per heavy atom. The van der Waals surface area contributed by atoms with E-state index in [-0.39, 0.29) is 134 Å². The minimum absolute atomic E-state index is 0.00422. The second-order valence-electron chi connectivity index (χ2n) is 30.1. The van der Waals surface area contributed by atoms with E-state index in [1.54, 1.807) is 27.7 Å². The van der Waals surface area contributed by atoms with Crippen molar-refractivity contribution in [1.82, 2.24) is 106 Å². The Hall–Kier alpha value is -9.75. The van der Waals surface area contributed by atoms with Gasteiger partial charge in [-0.25, -0.2) is 9.78 Å². The number of carboxylic acid groups (broad SMARTS) is 1. The molecule has 0 radical (unpaired) electrons. The van der Waals surface area contributed by atoms with Gasteiger partial charge >= 0.3 is 5.97 Å². The molecule has 46 heteroatoms. The summed E-state index contributed by atoms with van der Waals surface area (Å²) < 4.78 is 0. The van der Waals surface area contributed by atoms with Crippen LogP contribution in [0, 0.1) is 17.8 Å². The first-order chi connectivity index (χ1) is 55.7. The van der Waals surface area contributed by atoms with E-state index in [1.807, 2.05) is 13.8 Å². The van der Waals surface area contributed by atoms with Gasteiger partial charge in [0.2, 0.25) is 82.7 Å². The quantitative estimate of drug-likeness (QED) is 0.0213. The molecule has 15 amide bonds. The van der Waals surface area contributed by atoms with E-state index >= 15 is 0 Å². The summed E-state index contributed by atoms with van der Waals surface area (Å²) in [4.78, 5) is 225. The summed E-state index contributed by atoms with van der Waals surface area (Å²) in [5.41, 5.74) is 45.7. The van der Waals surface area contributed by atoms with Gasteiger partial charge in [-0.3, -0.25) is 87.9 Å². The Balaban J connectivity index is 3.63. The van der Waals surface area contributed by atoms with Gasteiger partial charge in [0.1, 0.15) is 85.3 Å². The standard InChI is InChI=1S/C72H137N29O17/c1-39(2)30-51(93-54(103)33-75)61(109)89-37-57(106)92-45(18-9-12-24-73)60(108)88-35-55(104)87-36-56(105)91-42(7)59(107)94-46(20-11-14-26-83-43(8)102)62(110)96-49(22-16-28-85-71(78)79)64(112)99-53(32-44-34-82-38-90-44)67(115)97-48(21-15-27-84-70(76)77)63(111)95-47(19-10-13-25-74)65(113)101-58(41(5)6)68(116)100-52(31-40(3)4)66(114)98-50(69(117)118)23-17-29-86-72(80)81/h34,38-42,45-53,58,70-72,84-86H,9-33,35-37,73-81H2,1-8H3,(H,82,90)(H,83,102)(H,87,104)(H,88,108)(H,89,109)(H,91,105)(H,92,106)(H,93,103)(H,94,107)(H,95,111)(H,96,110)(H,97,115)(H,98,114)(H,99,112)(H,100,116)(H,101,113)(H,117,118)/p+3/t42-,45-,46-,47-,48-,49-,50-,51-,52-,53-,58-/m0/s1. The molecule has 0 aliphatic rings. The van der Waals surface area contributed by atoms with Gasteiger partial charge in [-0.2, -0.15) is 0 Å². The van der Waals surface area contributed by atoms with Crippen LogP contribution in [-0.2, 0) is 83.1 Å². The van der Waals surface area contributed by atoms with E-state index < -0.39 is 200 Å². The van der Waals surface area contributed by atoms with E-state index in [2.05, 4.69) is 123 Å². The third-order valence-corrected chi connectivity index (χ3v) is 18.1. The van der Waals surface area contributed by atoms with Gasteiger partial charge in [-0.1, -0.05) is 41.5 Å². The number of nitrogens with one attached hydrogen (secondary N) is 19. The van der Waals surface area contributed by atoms with Crippen LogP contribution in [0.15, 0.2) is 12.5 Å². The van der Waals surface area contributed by atoms with Crippen molar-refractivity contribution in [3.8, 4) is 0 Å². The first-order valence-electron chi connectivity index (χ1n) is 40.4. The number of rotatable bonds is 64. The maximum absolute atomic E-state index is 14.9. The minimum atomic E-state index is -1.56. The molecule has 0 saturated carbocycles. The highest BCUT2D eigenvalue weighted by Gasteiger charge is 2.37. The van der Waals surface area contributed by atoms with Gasteiger partial charge in [-0.15, -0.1) is 0 Å². The number of carboxylic acids is 1. The highest BCUT2D eigenvalue weighted by molar-refractivity contribution is 5.99. The maximum Gasteiger partial charge on any atom is 0.326 e. The Labute approximate surface area is 688 Å². The number of aromatic amines is 1. The lowest BCUT2D eigenvalue weighted by atomic mass is 9.98. The summed E-state index contributed by atoms with van der Waals surface area (Å²) in [6, 6.07) is -14.7. The number of aliphatic carboxylic acids is 1. The van der Waals surface area contributed by atoms with Crippen molar-refractivity contribution in [3.63, 3.8) is 0 Å². The Kier molecular flexibility index (Phi) is 53.9. The maximum atomic E-state index is 14.9. The molecule has 0 spiro atoms. The zero-order valence-corrected chi connectivity index (χ0v) is 69.8. The van der Waals surface area contributed by atoms with Crippen LogP contribution in [0.25, 0.3) is 0 Å². The molecule has 0 saturated heterocycles. The summed E-state index contributed by atoms with van der Waals surface area (Å²) in [5.74, 6) is -13.7. The predicted molar refractivity (Wildman–Crippen MR) is 431 cm³/mol. The highest BCUT2D eigenvalue weighted by atomic mass is 16.4. The van der Waals surface area contributed by atoms with Crippen molar-refractivity contribution in [3.05, 3.63) is 18.2 Å². The summed E-state index contributed by atoms with van der Waals surface area (Å²) in [5, 5.41) is 57.2. The predicted octanol–water partition coefficient (Wildman–Crippen LogP) is -12.4. The number of aromatic nitrogens is 2. The van der Waals surface area contributed by atoms with Crippen molar-refractivity contribution in [2.75, 3.05) is 65.4 Å². The van der Waals surface area contributed by atoms with E-state index in [1.165, 1.54) is 26.4 Å². The van der Waals surface area contributed by atoms with Crippen molar-refractivity contribution < 1.29 is 99.0 Å². The van der Waals surface area contributed by atoms with Gasteiger partial charge in [0.25, 0.3) is 5.91 Å². The first kappa shape index (κ1) is 106. The van der Waals surface area contributed by atoms with Crippen LogP contribution in [0.2, 0.25) is 0 Å². The second-order valence-corrected chi connectivity index (χ2v) is 30.1. The summed E-state index contributed by atoms with van der Waals surface area (Å²) in [6.07, 6.45) is 2.64. The van der Waals surface area contributed by atoms with Gasteiger partial charge in [0.15, 0.2) is 6.54 Å². The number of imidazole rings is 1. The molecule has 0 aliphatic carbocycles.